The molecule has 62 heavy (non-hydrogen) atoms. The Morgan fingerprint density at radius 1 is 0.597 bits per heavy atom. The van der Waals surface area contributed by atoms with E-state index in [0.29, 0.717) is 28.5 Å². The number of fused-ring (bicyclic) bond motifs is 2. The first kappa shape index (κ1) is 40.8. The molecule has 0 saturated heterocycles. The van der Waals surface area contributed by atoms with Crippen LogP contribution in [0, 0.1) is 0 Å². The molecule has 8 N–H and O–H groups in total. The number of halogens is 5. The predicted octanol–water partition coefficient (Wildman–Crippen LogP) is 5.41. The summed E-state index contributed by atoms with van der Waals surface area (Å²) in [6, 6.07) is 7.47. The zero-order valence-electron chi connectivity index (χ0n) is 30.8. The lowest BCUT2D eigenvalue weighted by Crippen LogP contribution is -2.28. The number of hydrogen-bond donors (Lipinski definition) is 8. The van der Waals surface area contributed by atoms with Gasteiger partial charge in [0, 0.05) is 75.8 Å². The molecule has 0 aliphatic rings. The Bertz CT molecular complexity index is 3000. The summed E-state index contributed by atoms with van der Waals surface area (Å²) in [5.74, 6) is -1.00. The van der Waals surface area contributed by atoms with Crippen molar-refractivity contribution in [1.29, 1.82) is 0 Å². The highest BCUT2D eigenvalue weighted by Crippen LogP contribution is 2.32. The van der Waals surface area contributed by atoms with E-state index in [9.17, 15) is 17.6 Å². The van der Waals surface area contributed by atoms with Crippen LogP contribution in [-0.4, -0.2) is 97.8 Å². The maximum atomic E-state index is 12.6. The molecule has 10 aromatic rings. The van der Waals surface area contributed by atoms with Crippen LogP contribution >= 0.6 is 15.9 Å². The standard InChI is InChI=1S/C17H11F2N9O.C14H8BrF2N7O.C3H5BN2O2/c18-14(19)16-28-27-15(29-16)9-3-20-17(21-4-9)26-10-1-11(8-5-24-25-6-8)13-12(2-10)22-7-23-13;15-8-1-7(2-9-10(8)21-5-20-9)22-14-18-3-6(4-19-14)12-23-24-13(25-12)11(16)17;7-4(8)3-1-5-6-2-3/h1-7,14H,(H,22,23)(H,24,25)(H,20,21,26);1-5,11H,(H,20,21)(H,18,19,22);1-2,7-8H,(H,5,6). The van der Waals surface area contributed by atoms with Gasteiger partial charge in [0.2, 0.25) is 11.9 Å². The van der Waals surface area contributed by atoms with Crippen molar-refractivity contribution in [1.82, 2.24) is 80.7 Å². The van der Waals surface area contributed by atoms with Crippen LogP contribution in [0.15, 0.2) is 99.8 Å². The van der Waals surface area contributed by atoms with Gasteiger partial charge in [-0.05, 0) is 40.2 Å². The zero-order valence-corrected chi connectivity index (χ0v) is 32.4. The van der Waals surface area contributed by atoms with E-state index in [0.717, 1.165) is 49.0 Å². The Morgan fingerprint density at radius 2 is 1.11 bits per heavy atom. The van der Waals surface area contributed by atoms with Crippen LogP contribution in [0.3, 0.4) is 0 Å². The number of hydrogen-bond acceptors (Lipinski definition) is 18. The molecule has 0 amide bonds. The summed E-state index contributed by atoms with van der Waals surface area (Å²) >= 11 is 3.44. The second kappa shape index (κ2) is 18.1. The van der Waals surface area contributed by atoms with E-state index < -0.39 is 31.8 Å². The van der Waals surface area contributed by atoms with Crippen molar-refractivity contribution >= 4 is 73.8 Å². The minimum absolute atomic E-state index is 0.0662. The van der Waals surface area contributed by atoms with Gasteiger partial charge in [-0.25, -0.2) is 29.9 Å². The normalized spacial score (nSPS) is 11.1. The second-order valence-electron chi connectivity index (χ2n) is 12.3. The molecule has 22 nitrogen and oxygen atoms in total. The number of benzene rings is 2. The van der Waals surface area contributed by atoms with Crippen LogP contribution < -0.4 is 16.1 Å². The van der Waals surface area contributed by atoms with Crippen LogP contribution in [0.2, 0.25) is 0 Å². The van der Waals surface area contributed by atoms with Gasteiger partial charge >= 0.3 is 20.0 Å². The zero-order chi connectivity index (χ0) is 43.2. The largest absolute Gasteiger partial charge is 0.491 e. The fourth-order valence-electron chi connectivity index (χ4n) is 5.36. The molecule has 8 heterocycles. The van der Waals surface area contributed by atoms with Crippen LogP contribution in [0.1, 0.15) is 24.6 Å². The summed E-state index contributed by atoms with van der Waals surface area (Å²) in [5, 5.41) is 49.3. The number of imidazole rings is 2. The summed E-state index contributed by atoms with van der Waals surface area (Å²) < 4.78 is 60.7. The van der Waals surface area contributed by atoms with Crippen molar-refractivity contribution in [2.24, 2.45) is 0 Å². The highest BCUT2D eigenvalue weighted by atomic mass is 79.9. The lowest BCUT2D eigenvalue weighted by Gasteiger charge is -2.08. The van der Waals surface area contributed by atoms with Crippen molar-refractivity contribution in [2.75, 3.05) is 10.6 Å². The quantitative estimate of drug-likeness (QED) is 0.0628. The summed E-state index contributed by atoms with van der Waals surface area (Å²) in [6.45, 7) is 0. The molecule has 0 aliphatic carbocycles. The number of rotatable bonds is 10. The van der Waals surface area contributed by atoms with Crippen LogP contribution in [0.4, 0.5) is 40.8 Å². The van der Waals surface area contributed by atoms with E-state index in [2.05, 4.69) is 107 Å². The number of nitrogens with zero attached hydrogens (tertiary/aromatic N) is 12. The molecular formula is C34H24BBrF4N18O4. The molecule has 2 aromatic carbocycles. The number of alkyl halides is 4. The van der Waals surface area contributed by atoms with Crippen molar-refractivity contribution in [3.63, 3.8) is 0 Å². The number of H-pyrrole nitrogens is 4. The lowest BCUT2D eigenvalue weighted by atomic mass is 9.83. The maximum Gasteiger partial charge on any atom is 0.491 e. The van der Waals surface area contributed by atoms with E-state index in [1.54, 1.807) is 25.0 Å². The van der Waals surface area contributed by atoms with Gasteiger partial charge in [-0.1, -0.05) is 0 Å². The monoisotopic (exact) mass is 914 g/mol. The van der Waals surface area contributed by atoms with Gasteiger partial charge in [-0.2, -0.15) is 27.8 Å². The fourth-order valence-corrected chi connectivity index (χ4v) is 5.93. The van der Waals surface area contributed by atoms with Gasteiger partial charge < -0.3 is 39.5 Å². The first-order valence-electron chi connectivity index (χ1n) is 17.4. The number of aromatic nitrogens is 16. The molecule has 0 aliphatic heterocycles. The molecule has 0 saturated carbocycles. The smallest absolute Gasteiger partial charge is 0.423 e. The topological polar surface area (TPSA) is 309 Å². The molecule has 0 bridgehead atoms. The first-order chi connectivity index (χ1) is 30.1. The minimum Gasteiger partial charge on any atom is -0.423 e. The van der Waals surface area contributed by atoms with Crippen LogP contribution in [-0.2, 0) is 0 Å². The van der Waals surface area contributed by atoms with Gasteiger partial charge in [-0.3, -0.25) is 10.2 Å². The summed E-state index contributed by atoms with van der Waals surface area (Å²) in [5.41, 5.74) is 7.57. The third-order valence-electron chi connectivity index (χ3n) is 8.19. The van der Waals surface area contributed by atoms with Gasteiger partial charge in [-0.15, -0.1) is 20.4 Å². The SMILES string of the molecule is FC(F)c1nnc(-c2cnc(Nc3cc(-c4cn[nH]c4)c4nc[nH]c4c3)nc2)o1.FC(F)c1nnc(-c2cnc(Nc3cc(Br)c4nc[nH]c4c3)nc2)o1.OB(O)c1cn[nH]c1. The third kappa shape index (κ3) is 9.40. The molecule has 0 spiro atoms. The van der Waals surface area contributed by atoms with Gasteiger partial charge in [0.05, 0.1) is 46.5 Å². The molecule has 0 atom stereocenters. The average Bonchev–Trinajstić information content (AvgIpc) is 4.12. The molecule has 8 aromatic heterocycles. The Hall–Kier alpha value is -7.98. The molecule has 0 fully saturated rings. The molecular weight excluding hydrogens is 891 g/mol. The molecule has 28 heteroatoms. The predicted molar refractivity (Wildman–Crippen MR) is 213 cm³/mol. The van der Waals surface area contributed by atoms with Crippen LogP contribution in [0.25, 0.3) is 56.1 Å². The second-order valence-corrected chi connectivity index (χ2v) is 13.2. The fraction of sp³-hybridized carbons (Fsp3) is 0.0588. The van der Waals surface area contributed by atoms with E-state index in [1.807, 2.05) is 24.3 Å². The van der Waals surface area contributed by atoms with E-state index in [4.69, 9.17) is 18.9 Å². The van der Waals surface area contributed by atoms with Crippen molar-refractivity contribution in [3.05, 3.63) is 103 Å². The Balaban J connectivity index is 0.000000146. The van der Waals surface area contributed by atoms with E-state index >= 15 is 0 Å². The summed E-state index contributed by atoms with van der Waals surface area (Å²) in [4.78, 5) is 31.2. The van der Waals surface area contributed by atoms with E-state index in [-0.39, 0.29) is 11.8 Å². The highest BCUT2D eigenvalue weighted by Gasteiger charge is 2.19. The average molecular weight is 915 g/mol. The maximum absolute atomic E-state index is 12.6. The highest BCUT2D eigenvalue weighted by molar-refractivity contribution is 9.10. The van der Waals surface area contributed by atoms with Gasteiger partial charge in [0.15, 0.2) is 0 Å². The van der Waals surface area contributed by atoms with Crippen molar-refractivity contribution in [2.45, 2.75) is 12.9 Å². The Labute approximate surface area is 350 Å². The molecule has 0 unspecified atom stereocenters. The molecule has 0 radical (unpaired) electrons. The van der Waals surface area contributed by atoms with Gasteiger partial charge in [0.25, 0.3) is 23.6 Å². The Kier molecular flexibility index (Phi) is 11.9. The van der Waals surface area contributed by atoms with E-state index in [1.165, 1.54) is 37.2 Å². The molecule has 10 rings (SSSR count). The number of anilines is 4. The van der Waals surface area contributed by atoms with Crippen LogP contribution in [0.5, 0.6) is 0 Å². The van der Waals surface area contributed by atoms with Crippen molar-refractivity contribution < 1.29 is 36.4 Å². The summed E-state index contributed by atoms with van der Waals surface area (Å²) in [7, 11) is -1.41. The minimum atomic E-state index is -2.83. The number of aromatic amines is 4. The Morgan fingerprint density at radius 3 is 1.58 bits per heavy atom. The van der Waals surface area contributed by atoms with Gasteiger partial charge in [0.1, 0.15) is 5.52 Å². The third-order valence-corrected chi connectivity index (χ3v) is 8.80. The molecule has 312 valence electrons. The summed E-state index contributed by atoms with van der Waals surface area (Å²) in [6.07, 6.45) is 9.43. The van der Waals surface area contributed by atoms with Crippen molar-refractivity contribution in [3.8, 4) is 34.0 Å². The first-order valence-corrected chi connectivity index (χ1v) is 18.2. The lowest BCUT2D eigenvalue weighted by molar-refractivity contribution is 0.115. The number of nitrogens with one attached hydrogen (secondary N) is 6.